The molecule has 13 heavy (non-hydrogen) atoms. The lowest BCUT2D eigenvalue weighted by molar-refractivity contribution is -0.158. The zero-order valence-electron chi connectivity index (χ0n) is 8.03. The van der Waals surface area contributed by atoms with Gasteiger partial charge in [-0.1, -0.05) is 0 Å². The zero-order valence-corrected chi connectivity index (χ0v) is 8.03. The van der Waals surface area contributed by atoms with Crippen LogP contribution in [0.5, 0.6) is 0 Å². The van der Waals surface area contributed by atoms with E-state index in [1.165, 1.54) is 0 Å². The molecule has 4 nitrogen and oxygen atoms in total. The maximum absolute atomic E-state index is 10.5. The fourth-order valence-electron chi connectivity index (χ4n) is 1.43. The predicted molar refractivity (Wildman–Crippen MR) is 46.6 cm³/mol. The third kappa shape index (κ3) is 3.32. The summed E-state index contributed by atoms with van der Waals surface area (Å²) in [6, 6.07) is 0. The molecule has 3 atom stereocenters. The fraction of sp³-hybridized carbons (Fsp3) is 0.889. The Labute approximate surface area is 77.8 Å². The van der Waals surface area contributed by atoms with Gasteiger partial charge in [-0.2, -0.15) is 0 Å². The molecule has 1 aliphatic rings. The first-order valence-corrected chi connectivity index (χ1v) is 4.59. The van der Waals surface area contributed by atoms with E-state index in [-0.39, 0.29) is 12.2 Å². The maximum atomic E-state index is 10.5. The third-order valence-corrected chi connectivity index (χ3v) is 2.18. The SMILES string of the molecule is CC1CC(OC(C)C(=O)O)CCO1. The van der Waals surface area contributed by atoms with Crippen molar-refractivity contribution in [3.63, 3.8) is 0 Å². The van der Waals surface area contributed by atoms with Crippen LogP contribution in [0.4, 0.5) is 0 Å². The summed E-state index contributed by atoms with van der Waals surface area (Å²) < 4.78 is 10.7. The van der Waals surface area contributed by atoms with Gasteiger partial charge in [0.25, 0.3) is 0 Å². The summed E-state index contributed by atoms with van der Waals surface area (Å²) in [5, 5.41) is 8.62. The summed E-state index contributed by atoms with van der Waals surface area (Å²) in [4.78, 5) is 10.5. The van der Waals surface area contributed by atoms with E-state index in [1.807, 2.05) is 6.92 Å². The summed E-state index contributed by atoms with van der Waals surface area (Å²) in [7, 11) is 0. The van der Waals surface area contributed by atoms with Crippen molar-refractivity contribution in [1.29, 1.82) is 0 Å². The number of hydrogen-bond acceptors (Lipinski definition) is 3. The number of hydrogen-bond donors (Lipinski definition) is 1. The Bertz CT molecular complexity index is 180. The highest BCUT2D eigenvalue weighted by molar-refractivity contribution is 5.71. The van der Waals surface area contributed by atoms with Crippen LogP contribution in [0.1, 0.15) is 26.7 Å². The largest absolute Gasteiger partial charge is 0.479 e. The number of aliphatic carboxylic acids is 1. The van der Waals surface area contributed by atoms with Crippen molar-refractivity contribution in [2.45, 2.75) is 45.0 Å². The number of ether oxygens (including phenoxy) is 2. The minimum atomic E-state index is -0.904. The van der Waals surface area contributed by atoms with Gasteiger partial charge in [0.2, 0.25) is 0 Å². The van der Waals surface area contributed by atoms with E-state index in [1.54, 1.807) is 6.92 Å². The van der Waals surface area contributed by atoms with E-state index in [2.05, 4.69) is 0 Å². The van der Waals surface area contributed by atoms with Crippen molar-refractivity contribution in [2.24, 2.45) is 0 Å². The van der Waals surface area contributed by atoms with Crippen LogP contribution in [-0.2, 0) is 14.3 Å². The van der Waals surface area contributed by atoms with Crippen LogP contribution in [0.25, 0.3) is 0 Å². The molecule has 0 radical (unpaired) electrons. The molecule has 1 heterocycles. The molecule has 0 saturated carbocycles. The molecule has 3 unspecified atom stereocenters. The van der Waals surface area contributed by atoms with Crippen LogP contribution in [0.15, 0.2) is 0 Å². The van der Waals surface area contributed by atoms with Crippen molar-refractivity contribution >= 4 is 5.97 Å². The van der Waals surface area contributed by atoms with Gasteiger partial charge in [-0.05, 0) is 26.7 Å². The van der Waals surface area contributed by atoms with Crippen LogP contribution < -0.4 is 0 Å². The quantitative estimate of drug-likeness (QED) is 0.719. The number of rotatable bonds is 3. The van der Waals surface area contributed by atoms with E-state index in [0.29, 0.717) is 6.61 Å². The second-order valence-corrected chi connectivity index (χ2v) is 3.44. The molecule has 0 aromatic carbocycles. The minimum Gasteiger partial charge on any atom is -0.479 e. The second kappa shape index (κ2) is 4.58. The van der Waals surface area contributed by atoms with Crippen molar-refractivity contribution < 1.29 is 19.4 Å². The first-order valence-electron chi connectivity index (χ1n) is 4.59. The lowest BCUT2D eigenvalue weighted by Crippen LogP contribution is -2.34. The third-order valence-electron chi connectivity index (χ3n) is 2.18. The van der Waals surface area contributed by atoms with Gasteiger partial charge in [-0.25, -0.2) is 4.79 Å². The molecule has 1 fully saturated rings. The summed E-state index contributed by atoms with van der Waals surface area (Å²) in [5.74, 6) is -0.904. The van der Waals surface area contributed by atoms with Gasteiger partial charge in [0.05, 0.1) is 12.2 Å². The van der Waals surface area contributed by atoms with Gasteiger partial charge in [0, 0.05) is 6.61 Å². The standard InChI is InChI=1S/C9H16O4/c1-6-5-8(3-4-12-6)13-7(2)9(10)11/h6-8H,3-5H2,1-2H3,(H,10,11). The van der Waals surface area contributed by atoms with E-state index in [9.17, 15) is 4.79 Å². The number of carboxylic acid groups (broad SMARTS) is 1. The average Bonchev–Trinajstić information content (AvgIpc) is 2.04. The second-order valence-electron chi connectivity index (χ2n) is 3.44. The van der Waals surface area contributed by atoms with Crippen molar-refractivity contribution in [3.05, 3.63) is 0 Å². The molecular weight excluding hydrogens is 172 g/mol. The molecule has 1 aliphatic heterocycles. The maximum Gasteiger partial charge on any atom is 0.332 e. The average molecular weight is 188 g/mol. The highest BCUT2D eigenvalue weighted by atomic mass is 16.5. The molecule has 76 valence electrons. The Morgan fingerprint density at radius 3 is 2.92 bits per heavy atom. The fourth-order valence-corrected chi connectivity index (χ4v) is 1.43. The molecule has 1 rings (SSSR count). The number of carbonyl (C=O) groups is 1. The lowest BCUT2D eigenvalue weighted by Gasteiger charge is -2.28. The summed E-state index contributed by atoms with van der Waals surface area (Å²) in [5.41, 5.74) is 0. The first-order chi connectivity index (χ1) is 6.09. The summed E-state index contributed by atoms with van der Waals surface area (Å²) >= 11 is 0. The molecule has 0 amide bonds. The molecule has 1 saturated heterocycles. The lowest BCUT2D eigenvalue weighted by atomic mass is 10.1. The van der Waals surface area contributed by atoms with Crippen LogP contribution in [-0.4, -0.2) is 36.0 Å². The molecular formula is C9H16O4. The predicted octanol–water partition coefficient (Wildman–Crippen LogP) is 1.04. The van der Waals surface area contributed by atoms with Crippen molar-refractivity contribution in [3.8, 4) is 0 Å². The molecule has 0 spiro atoms. The van der Waals surface area contributed by atoms with Gasteiger partial charge >= 0.3 is 5.97 Å². The van der Waals surface area contributed by atoms with Crippen molar-refractivity contribution in [1.82, 2.24) is 0 Å². The van der Waals surface area contributed by atoms with Gasteiger partial charge < -0.3 is 14.6 Å². The Balaban J connectivity index is 2.31. The van der Waals surface area contributed by atoms with Crippen LogP contribution in [0, 0.1) is 0 Å². The molecule has 0 aliphatic carbocycles. The van der Waals surface area contributed by atoms with Crippen LogP contribution in [0.2, 0.25) is 0 Å². The molecule has 0 aromatic heterocycles. The zero-order chi connectivity index (χ0) is 9.84. The van der Waals surface area contributed by atoms with Gasteiger partial charge in [0.1, 0.15) is 0 Å². The highest BCUT2D eigenvalue weighted by Crippen LogP contribution is 2.17. The molecule has 0 aromatic rings. The van der Waals surface area contributed by atoms with E-state index in [0.717, 1.165) is 12.8 Å². The monoisotopic (exact) mass is 188 g/mol. The van der Waals surface area contributed by atoms with E-state index < -0.39 is 12.1 Å². The topological polar surface area (TPSA) is 55.8 Å². The van der Waals surface area contributed by atoms with Crippen LogP contribution >= 0.6 is 0 Å². The van der Waals surface area contributed by atoms with Crippen LogP contribution in [0.3, 0.4) is 0 Å². The van der Waals surface area contributed by atoms with E-state index in [4.69, 9.17) is 14.6 Å². The minimum absolute atomic E-state index is 0.0369. The van der Waals surface area contributed by atoms with Crippen molar-refractivity contribution in [2.75, 3.05) is 6.61 Å². The first kappa shape index (κ1) is 10.5. The Morgan fingerprint density at radius 1 is 1.69 bits per heavy atom. The van der Waals surface area contributed by atoms with Gasteiger partial charge in [0.15, 0.2) is 6.10 Å². The van der Waals surface area contributed by atoms with Gasteiger partial charge in [-0.15, -0.1) is 0 Å². The Morgan fingerprint density at radius 2 is 2.38 bits per heavy atom. The number of carboxylic acids is 1. The summed E-state index contributed by atoms with van der Waals surface area (Å²) in [6.45, 7) is 4.20. The smallest absolute Gasteiger partial charge is 0.332 e. The molecule has 1 N–H and O–H groups in total. The normalized spacial score (nSPS) is 31.2. The van der Waals surface area contributed by atoms with Gasteiger partial charge in [-0.3, -0.25) is 0 Å². The highest BCUT2D eigenvalue weighted by Gasteiger charge is 2.23. The summed E-state index contributed by atoms with van der Waals surface area (Å²) in [6.07, 6.45) is 1.09. The Kier molecular flexibility index (Phi) is 3.69. The Hall–Kier alpha value is -0.610. The van der Waals surface area contributed by atoms with E-state index >= 15 is 0 Å². The molecule has 4 heteroatoms. The molecule has 0 bridgehead atoms.